The Bertz CT molecular complexity index is 229. The lowest BCUT2D eigenvalue weighted by atomic mass is 10.1. The van der Waals surface area contributed by atoms with Crippen molar-refractivity contribution in [2.75, 3.05) is 0 Å². The monoisotopic (exact) mass is 195 g/mol. The number of halogens is 3. The van der Waals surface area contributed by atoms with Crippen LogP contribution in [0.4, 0.5) is 13.2 Å². The minimum Gasteiger partial charge on any atom is -0.320 e. The first kappa shape index (κ1) is 9.54. The highest BCUT2D eigenvalue weighted by Gasteiger charge is 2.36. The van der Waals surface area contributed by atoms with Crippen molar-refractivity contribution in [1.82, 2.24) is 0 Å². The highest BCUT2D eigenvalue weighted by atomic mass is 32.1. The molecule has 0 aliphatic rings. The van der Waals surface area contributed by atoms with E-state index in [0.29, 0.717) is 5.56 Å². The Morgan fingerprint density at radius 2 is 2.17 bits per heavy atom. The van der Waals surface area contributed by atoms with Gasteiger partial charge in [0.15, 0.2) is 0 Å². The van der Waals surface area contributed by atoms with Crippen LogP contribution in [-0.4, -0.2) is 12.2 Å². The predicted molar refractivity (Wildman–Crippen MR) is 42.1 cm³/mol. The van der Waals surface area contributed by atoms with Crippen molar-refractivity contribution in [3.05, 3.63) is 22.4 Å². The average Bonchev–Trinajstić information content (AvgIpc) is 2.37. The van der Waals surface area contributed by atoms with E-state index in [4.69, 9.17) is 5.73 Å². The summed E-state index contributed by atoms with van der Waals surface area (Å²) in [6.45, 7) is 0. The maximum atomic E-state index is 11.9. The lowest BCUT2D eigenvalue weighted by Gasteiger charge is -2.14. The summed E-state index contributed by atoms with van der Waals surface area (Å²) in [6.07, 6.45) is -4.42. The van der Waals surface area contributed by atoms with Gasteiger partial charge in [-0.3, -0.25) is 0 Å². The van der Waals surface area contributed by atoms with Crippen molar-refractivity contribution in [1.29, 1.82) is 0 Å². The van der Waals surface area contributed by atoms with E-state index in [1.54, 1.807) is 16.8 Å². The summed E-state index contributed by atoms with van der Waals surface area (Å²) in [4.78, 5) is 0. The van der Waals surface area contributed by atoms with Gasteiger partial charge in [0.05, 0.1) is 0 Å². The second-order valence-electron chi connectivity index (χ2n) is 2.48. The molecule has 12 heavy (non-hydrogen) atoms. The highest BCUT2D eigenvalue weighted by molar-refractivity contribution is 7.07. The molecule has 1 heterocycles. The minimum absolute atomic E-state index is 0.132. The van der Waals surface area contributed by atoms with Crippen molar-refractivity contribution in [3.8, 4) is 0 Å². The Balaban J connectivity index is 2.53. The number of hydrogen-bond donors (Lipinski definition) is 1. The molecular weight excluding hydrogens is 187 g/mol. The maximum Gasteiger partial charge on any atom is 0.403 e. The minimum atomic E-state index is -4.29. The summed E-state index contributed by atoms with van der Waals surface area (Å²) in [6, 6.07) is -0.0944. The average molecular weight is 195 g/mol. The van der Waals surface area contributed by atoms with Gasteiger partial charge in [-0.1, -0.05) is 0 Å². The van der Waals surface area contributed by atoms with Crippen molar-refractivity contribution in [2.45, 2.75) is 18.6 Å². The third kappa shape index (κ3) is 2.49. The Labute approximate surface area is 72.0 Å². The lowest BCUT2D eigenvalue weighted by Crippen LogP contribution is -2.38. The molecule has 0 saturated carbocycles. The standard InChI is InChI=1S/C7H8F3NS/c8-7(9,10)6(11)3-5-1-2-12-4-5/h1-2,4,6H,3,11H2/t6-/m0/s1. The second kappa shape index (κ2) is 3.45. The van der Waals surface area contributed by atoms with Gasteiger partial charge in [0.2, 0.25) is 0 Å². The van der Waals surface area contributed by atoms with Crippen LogP contribution in [0.5, 0.6) is 0 Å². The first-order chi connectivity index (χ1) is 5.50. The van der Waals surface area contributed by atoms with Gasteiger partial charge < -0.3 is 5.73 Å². The van der Waals surface area contributed by atoms with Gasteiger partial charge in [-0.05, 0) is 28.8 Å². The second-order valence-corrected chi connectivity index (χ2v) is 3.26. The largest absolute Gasteiger partial charge is 0.403 e. The van der Waals surface area contributed by atoms with E-state index in [1.165, 1.54) is 11.3 Å². The lowest BCUT2D eigenvalue weighted by molar-refractivity contribution is -0.147. The van der Waals surface area contributed by atoms with Gasteiger partial charge in [0, 0.05) is 0 Å². The van der Waals surface area contributed by atoms with Crippen molar-refractivity contribution in [3.63, 3.8) is 0 Å². The van der Waals surface area contributed by atoms with E-state index in [0.717, 1.165) is 0 Å². The zero-order valence-corrected chi connectivity index (χ0v) is 6.95. The van der Waals surface area contributed by atoms with Crippen LogP contribution < -0.4 is 5.73 Å². The number of thiophene rings is 1. The molecule has 1 atom stereocenters. The van der Waals surface area contributed by atoms with Crippen molar-refractivity contribution >= 4 is 11.3 Å². The molecule has 68 valence electrons. The van der Waals surface area contributed by atoms with Crippen LogP contribution in [0.1, 0.15) is 5.56 Å². The van der Waals surface area contributed by atoms with Gasteiger partial charge in [0.25, 0.3) is 0 Å². The van der Waals surface area contributed by atoms with E-state index in [1.807, 2.05) is 0 Å². The summed E-state index contributed by atoms with van der Waals surface area (Å²) in [5.74, 6) is 0. The van der Waals surface area contributed by atoms with Crippen LogP contribution in [0.25, 0.3) is 0 Å². The van der Waals surface area contributed by atoms with Crippen LogP contribution in [0.2, 0.25) is 0 Å². The van der Waals surface area contributed by atoms with E-state index >= 15 is 0 Å². The van der Waals surface area contributed by atoms with Crippen LogP contribution >= 0.6 is 11.3 Å². The van der Waals surface area contributed by atoms with Crippen LogP contribution in [0.3, 0.4) is 0 Å². The normalized spacial score (nSPS) is 14.7. The third-order valence-electron chi connectivity index (χ3n) is 1.46. The summed E-state index contributed by atoms with van der Waals surface area (Å²) in [5.41, 5.74) is 5.56. The summed E-state index contributed by atoms with van der Waals surface area (Å²) >= 11 is 1.37. The Morgan fingerprint density at radius 3 is 2.58 bits per heavy atom. The van der Waals surface area contributed by atoms with Crippen LogP contribution in [0, 0.1) is 0 Å². The third-order valence-corrected chi connectivity index (χ3v) is 2.19. The molecule has 0 fully saturated rings. The van der Waals surface area contributed by atoms with Crippen LogP contribution in [-0.2, 0) is 6.42 Å². The van der Waals surface area contributed by atoms with Crippen molar-refractivity contribution < 1.29 is 13.2 Å². The Hall–Kier alpha value is -0.550. The van der Waals surface area contributed by atoms with Crippen LogP contribution in [0.15, 0.2) is 16.8 Å². The molecule has 1 aromatic heterocycles. The quantitative estimate of drug-likeness (QED) is 0.769. The molecule has 1 rings (SSSR count). The first-order valence-electron chi connectivity index (χ1n) is 3.33. The SMILES string of the molecule is N[C@@H](Cc1ccsc1)C(F)(F)F. The van der Waals surface area contributed by atoms with Crippen molar-refractivity contribution in [2.24, 2.45) is 5.73 Å². The topological polar surface area (TPSA) is 26.0 Å². The molecule has 0 aliphatic heterocycles. The summed E-state index contributed by atoms with van der Waals surface area (Å²) in [5, 5.41) is 3.41. The summed E-state index contributed by atoms with van der Waals surface area (Å²) < 4.78 is 35.8. The number of alkyl halides is 3. The molecule has 5 heteroatoms. The molecule has 2 N–H and O–H groups in total. The van der Waals surface area contributed by atoms with Gasteiger partial charge >= 0.3 is 6.18 Å². The zero-order chi connectivity index (χ0) is 9.19. The maximum absolute atomic E-state index is 11.9. The zero-order valence-electron chi connectivity index (χ0n) is 6.14. The first-order valence-corrected chi connectivity index (χ1v) is 4.28. The fourth-order valence-corrected chi connectivity index (χ4v) is 1.46. The Morgan fingerprint density at radius 1 is 1.50 bits per heavy atom. The Kier molecular flexibility index (Phi) is 2.74. The smallest absolute Gasteiger partial charge is 0.320 e. The molecule has 0 amide bonds. The molecule has 1 nitrogen and oxygen atoms in total. The molecule has 1 aromatic rings. The van der Waals surface area contributed by atoms with E-state index in [2.05, 4.69) is 0 Å². The fraction of sp³-hybridized carbons (Fsp3) is 0.429. The molecule has 0 spiro atoms. The number of hydrogen-bond acceptors (Lipinski definition) is 2. The summed E-state index contributed by atoms with van der Waals surface area (Å²) in [7, 11) is 0. The van der Waals surface area contributed by atoms with E-state index in [-0.39, 0.29) is 6.42 Å². The number of rotatable bonds is 2. The molecule has 0 aromatic carbocycles. The van der Waals surface area contributed by atoms with E-state index < -0.39 is 12.2 Å². The molecule has 0 aliphatic carbocycles. The van der Waals surface area contributed by atoms with E-state index in [9.17, 15) is 13.2 Å². The highest BCUT2D eigenvalue weighted by Crippen LogP contribution is 2.21. The van der Waals surface area contributed by atoms with Gasteiger partial charge in [-0.2, -0.15) is 24.5 Å². The molecule has 0 bridgehead atoms. The molecular formula is C7H8F3NS. The fourth-order valence-electron chi connectivity index (χ4n) is 0.778. The molecule has 0 saturated heterocycles. The number of nitrogens with two attached hydrogens (primary N) is 1. The predicted octanol–water partition coefficient (Wildman–Crippen LogP) is 2.18. The molecule has 0 radical (unpaired) electrons. The molecule has 0 unspecified atom stereocenters. The van der Waals surface area contributed by atoms with Gasteiger partial charge in [-0.15, -0.1) is 0 Å². The van der Waals surface area contributed by atoms with Gasteiger partial charge in [-0.25, -0.2) is 0 Å². The van der Waals surface area contributed by atoms with Gasteiger partial charge in [0.1, 0.15) is 6.04 Å².